The van der Waals surface area contributed by atoms with Crippen molar-refractivity contribution in [2.75, 3.05) is 13.1 Å². The van der Waals surface area contributed by atoms with Gasteiger partial charge >= 0.3 is 0 Å². The molecule has 1 heteroatoms. The Balaban J connectivity index is 2.05. The van der Waals surface area contributed by atoms with Crippen LogP contribution in [0.5, 0.6) is 0 Å². The summed E-state index contributed by atoms with van der Waals surface area (Å²) in [5.74, 6) is 0. The van der Waals surface area contributed by atoms with E-state index >= 15 is 0 Å². The quantitative estimate of drug-likeness (QED) is 0.726. The van der Waals surface area contributed by atoms with E-state index in [1.54, 1.807) is 0 Å². The summed E-state index contributed by atoms with van der Waals surface area (Å²) in [6, 6.07) is 10.8. The Kier molecular flexibility index (Phi) is 2.36. The molecule has 1 aromatic carbocycles. The van der Waals surface area contributed by atoms with Crippen LogP contribution in [-0.4, -0.2) is 13.1 Å². The molecule has 0 saturated carbocycles. The maximum absolute atomic E-state index is 3.43. The van der Waals surface area contributed by atoms with E-state index in [9.17, 15) is 0 Å². The van der Waals surface area contributed by atoms with E-state index in [2.05, 4.69) is 42.6 Å². The van der Waals surface area contributed by atoms with Gasteiger partial charge in [0.25, 0.3) is 0 Å². The van der Waals surface area contributed by atoms with Gasteiger partial charge in [0, 0.05) is 6.54 Å². The SMILES string of the molecule is CC1(Cc2ccccc2)CCNC1. The lowest BCUT2D eigenvalue weighted by Gasteiger charge is -2.22. The van der Waals surface area contributed by atoms with Crippen molar-refractivity contribution in [2.45, 2.75) is 19.8 Å². The molecule has 2 rings (SSSR count). The van der Waals surface area contributed by atoms with E-state index in [4.69, 9.17) is 0 Å². The summed E-state index contributed by atoms with van der Waals surface area (Å²) in [5.41, 5.74) is 1.95. The third-order valence-corrected chi connectivity index (χ3v) is 2.93. The first-order valence-electron chi connectivity index (χ1n) is 5.03. The van der Waals surface area contributed by atoms with Crippen molar-refractivity contribution in [1.29, 1.82) is 0 Å². The van der Waals surface area contributed by atoms with Crippen LogP contribution < -0.4 is 5.32 Å². The summed E-state index contributed by atoms with van der Waals surface area (Å²) in [6.45, 7) is 4.73. The highest BCUT2D eigenvalue weighted by Gasteiger charge is 2.28. The van der Waals surface area contributed by atoms with E-state index < -0.39 is 0 Å². The van der Waals surface area contributed by atoms with Crippen LogP contribution in [0.15, 0.2) is 30.3 Å². The molecular formula is C12H17N. The molecule has 0 bridgehead atoms. The van der Waals surface area contributed by atoms with Crippen molar-refractivity contribution in [3.63, 3.8) is 0 Å². The van der Waals surface area contributed by atoms with Gasteiger partial charge in [-0.25, -0.2) is 0 Å². The Morgan fingerprint density at radius 3 is 2.69 bits per heavy atom. The molecule has 70 valence electrons. The van der Waals surface area contributed by atoms with Crippen molar-refractivity contribution < 1.29 is 0 Å². The molecule has 0 spiro atoms. The number of hydrogen-bond acceptors (Lipinski definition) is 1. The smallest absolute Gasteiger partial charge is 0.000883 e. The summed E-state index contributed by atoms with van der Waals surface area (Å²) >= 11 is 0. The Morgan fingerprint density at radius 1 is 1.31 bits per heavy atom. The van der Waals surface area contributed by atoms with E-state index in [0.29, 0.717) is 5.41 Å². The first-order chi connectivity index (χ1) is 6.29. The molecule has 1 aliphatic rings. The lowest BCUT2D eigenvalue weighted by molar-refractivity contribution is 0.363. The first kappa shape index (κ1) is 8.76. The molecule has 0 aromatic heterocycles. The molecule has 1 aliphatic heterocycles. The lowest BCUT2D eigenvalue weighted by atomic mass is 9.83. The normalized spacial score (nSPS) is 27.8. The second-order valence-electron chi connectivity index (χ2n) is 4.40. The van der Waals surface area contributed by atoms with Crippen molar-refractivity contribution in [2.24, 2.45) is 5.41 Å². The Bertz CT molecular complexity index is 260. The fourth-order valence-corrected chi connectivity index (χ4v) is 2.11. The average molecular weight is 175 g/mol. The molecule has 13 heavy (non-hydrogen) atoms. The van der Waals surface area contributed by atoms with Gasteiger partial charge in [0.1, 0.15) is 0 Å². The molecule has 0 radical (unpaired) electrons. The van der Waals surface area contributed by atoms with Crippen LogP contribution in [-0.2, 0) is 6.42 Å². The molecular weight excluding hydrogens is 158 g/mol. The minimum absolute atomic E-state index is 0.487. The predicted molar refractivity (Wildman–Crippen MR) is 55.7 cm³/mol. The van der Waals surface area contributed by atoms with Crippen LogP contribution in [0.4, 0.5) is 0 Å². The summed E-state index contributed by atoms with van der Waals surface area (Å²) in [7, 11) is 0. The Hall–Kier alpha value is -0.820. The highest BCUT2D eigenvalue weighted by Crippen LogP contribution is 2.28. The van der Waals surface area contributed by atoms with E-state index in [1.807, 2.05) is 0 Å². The van der Waals surface area contributed by atoms with Crippen molar-refractivity contribution in [3.05, 3.63) is 35.9 Å². The largest absolute Gasteiger partial charge is 0.316 e. The molecule has 1 N–H and O–H groups in total. The molecule has 1 saturated heterocycles. The molecule has 1 aromatic rings. The van der Waals surface area contributed by atoms with E-state index in [-0.39, 0.29) is 0 Å². The van der Waals surface area contributed by atoms with E-state index in [0.717, 1.165) is 0 Å². The maximum Gasteiger partial charge on any atom is 0.000883 e. The summed E-state index contributed by atoms with van der Waals surface area (Å²) in [6.07, 6.45) is 2.52. The van der Waals surface area contributed by atoms with Crippen LogP contribution in [0.3, 0.4) is 0 Å². The Labute approximate surface area is 80.2 Å². The standard InChI is InChI=1S/C12H17N/c1-12(7-8-13-10-12)9-11-5-3-2-4-6-11/h2-6,13H,7-10H2,1H3. The number of benzene rings is 1. The van der Waals surface area contributed by atoms with Crippen LogP contribution in [0.1, 0.15) is 18.9 Å². The molecule has 0 aliphatic carbocycles. The van der Waals surface area contributed by atoms with Gasteiger partial charge in [-0.15, -0.1) is 0 Å². The monoisotopic (exact) mass is 175 g/mol. The minimum atomic E-state index is 0.487. The summed E-state index contributed by atoms with van der Waals surface area (Å²) < 4.78 is 0. The summed E-state index contributed by atoms with van der Waals surface area (Å²) in [4.78, 5) is 0. The van der Waals surface area contributed by atoms with Gasteiger partial charge < -0.3 is 5.32 Å². The third-order valence-electron chi connectivity index (χ3n) is 2.93. The van der Waals surface area contributed by atoms with E-state index in [1.165, 1.54) is 31.5 Å². The van der Waals surface area contributed by atoms with Gasteiger partial charge in [-0.2, -0.15) is 0 Å². The zero-order valence-electron chi connectivity index (χ0n) is 8.22. The second-order valence-corrected chi connectivity index (χ2v) is 4.40. The number of hydrogen-bond donors (Lipinski definition) is 1. The zero-order valence-corrected chi connectivity index (χ0v) is 8.22. The van der Waals surface area contributed by atoms with Crippen LogP contribution in [0.2, 0.25) is 0 Å². The van der Waals surface area contributed by atoms with Gasteiger partial charge in [0.2, 0.25) is 0 Å². The first-order valence-corrected chi connectivity index (χ1v) is 5.03. The molecule has 1 unspecified atom stereocenters. The van der Waals surface area contributed by atoms with Gasteiger partial charge in [-0.1, -0.05) is 37.3 Å². The van der Waals surface area contributed by atoms with Crippen LogP contribution >= 0.6 is 0 Å². The highest BCUT2D eigenvalue weighted by molar-refractivity contribution is 5.16. The molecule has 1 atom stereocenters. The average Bonchev–Trinajstić information content (AvgIpc) is 2.54. The highest BCUT2D eigenvalue weighted by atomic mass is 14.9. The molecule has 1 nitrogen and oxygen atoms in total. The van der Waals surface area contributed by atoms with Crippen molar-refractivity contribution in [3.8, 4) is 0 Å². The second kappa shape index (κ2) is 3.51. The van der Waals surface area contributed by atoms with Crippen LogP contribution in [0.25, 0.3) is 0 Å². The number of rotatable bonds is 2. The van der Waals surface area contributed by atoms with Gasteiger partial charge in [-0.3, -0.25) is 0 Å². The fourth-order valence-electron chi connectivity index (χ4n) is 2.11. The van der Waals surface area contributed by atoms with Crippen molar-refractivity contribution in [1.82, 2.24) is 5.32 Å². The zero-order chi connectivity index (χ0) is 9.15. The van der Waals surface area contributed by atoms with Gasteiger partial charge in [-0.05, 0) is 30.4 Å². The van der Waals surface area contributed by atoms with Gasteiger partial charge in [0.15, 0.2) is 0 Å². The fraction of sp³-hybridized carbons (Fsp3) is 0.500. The molecule has 1 heterocycles. The predicted octanol–water partition coefficient (Wildman–Crippen LogP) is 2.23. The Morgan fingerprint density at radius 2 is 2.08 bits per heavy atom. The minimum Gasteiger partial charge on any atom is -0.316 e. The molecule has 1 fully saturated rings. The topological polar surface area (TPSA) is 12.0 Å². The maximum atomic E-state index is 3.43. The van der Waals surface area contributed by atoms with Crippen molar-refractivity contribution >= 4 is 0 Å². The lowest BCUT2D eigenvalue weighted by Crippen LogP contribution is -2.22. The van der Waals surface area contributed by atoms with Gasteiger partial charge in [0.05, 0.1) is 0 Å². The summed E-state index contributed by atoms with van der Waals surface area (Å²) in [5, 5.41) is 3.43. The van der Waals surface area contributed by atoms with Crippen LogP contribution in [0, 0.1) is 5.41 Å². The number of nitrogens with one attached hydrogen (secondary N) is 1. The third kappa shape index (κ3) is 2.10. The molecule has 0 amide bonds.